The van der Waals surface area contributed by atoms with Crippen molar-refractivity contribution in [3.05, 3.63) is 29.3 Å². The molecule has 2 N–H and O–H groups in total. The molecule has 1 aromatic carbocycles. The Hall–Kier alpha value is -1.06. The van der Waals surface area contributed by atoms with E-state index in [1.807, 2.05) is 18.2 Å². The first-order valence-corrected chi connectivity index (χ1v) is 7.39. The summed E-state index contributed by atoms with van der Waals surface area (Å²) in [6.07, 6.45) is 5.28. The molecule has 19 heavy (non-hydrogen) atoms. The van der Waals surface area contributed by atoms with Crippen LogP contribution in [0.25, 0.3) is 0 Å². The Morgan fingerprint density at radius 1 is 1.21 bits per heavy atom. The van der Waals surface area contributed by atoms with Crippen LogP contribution in [0.15, 0.2) is 24.3 Å². The van der Waals surface area contributed by atoms with Crippen molar-refractivity contribution >= 4 is 23.2 Å². The van der Waals surface area contributed by atoms with Gasteiger partial charge in [0.1, 0.15) is 0 Å². The van der Waals surface area contributed by atoms with Crippen LogP contribution in [0.5, 0.6) is 0 Å². The highest BCUT2D eigenvalue weighted by Gasteiger charge is 2.41. The fourth-order valence-electron chi connectivity index (χ4n) is 2.60. The molecule has 0 aromatic heterocycles. The molecule has 102 valence electrons. The second kappa shape index (κ2) is 5.51. The van der Waals surface area contributed by atoms with E-state index < -0.39 is 0 Å². The molecule has 2 aliphatic rings. The van der Waals surface area contributed by atoms with Crippen molar-refractivity contribution in [2.45, 2.75) is 31.7 Å². The first-order chi connectivity index (χ1) is 9.24. The molecule has 3 nitrogen and oxygen atoms in total. The molecule has 4 heteroatoms. The highest BCUT2D eigenvalue weighted by atomic mass is 35.5. The van der Waals surface area contributed by atoms with Gasteiger partial charge in [-0.3, -0.25) is 4.79 Å². The zero-order chi connectivity index (χ0) is 13.2. The van der Waals surface area contributed by atoms with Crippen LogP contribution in [0.2, 0.25) is 5.02 Å². The maximum absolute atomic E-state index is 11.9. The standard InChI is InChI=1S/C15H19ClN2O/c16-12-3-1-2-4-13(12)18-14(19)9-17-15(10-5-6-10)11-7-8-11/h1-4,10-11,15,17H,5-9H2,(H,18,19). The van der Waals surface area contributed by atoms with Crippen molar-refractivity contribution in [3.8, 4) is 0 Å². The van der Waals surface area contributed by atoms with Crippen LogP contribution in [0.4, 0.5) is 5.69 Å². The zero-order valence-corrected chi connectivity index (χ0v) is 11.6. The number of halogens is 1. The highest BCUT2D eigenvalue weighted by molar-refractivity contribution is 6.33. The van der Waals surface area contributed by atoms with Gasteiger partial charge in [0, 0.05) is 6.04 Å². The Labute approximate surface area is 118 Å². The van der Waals surface area contributed by atoms with Crippen LogP contribution < -0.4 is 10.6 Å². The summed E-state index contributed by atoms with van der Waals surface area (Å²) < 4.78 is 0. The van der Waals surface area contributed by atoms with Gasteiger partial charge in [0.25, 0.3) is 0 Å². The second-order valence-electron chi connectivity index (χ2n) is 5.61. The third kappa shape index (κ3) is 3.48. The van der Waals surface area contributed by atoms with Crippen molar-refractivity contribution in [2.75, 3.05) is 11.9 Å². The minimum Gasteiger partial charge on any atom is -0.324 e. The van der Waals surface area contributed by atoms with Crippen LogP contribution in [-0.4, -0.2) is 18.5 Å². The van der Waals surface area contributed by atoms with Gasteiger partial charge in [0.15, 0.2) is 0 Å². The van der Waals surface area contributed by atoms with Crippen LogP contribution in [0.1, 0.15) is 25.7 Å². The summed E-state index contributed by atoms with van der Waals surface area (Å²) in [5, 5.41) is 6.86. The van der Waals surface area contributed by atoms with Gasteiger partial charge in [0.05, 0.1) is 17.3 Å². The van der Waals surface area contributed by atoms with Gasteiger partial charge >= 0.3 is 0 Å². The van der Waals surface area contributed by atoms with Crippen molar-refractivity contribution < 1.29 is 4.79 Å². The Morgan fingerprint density at radius 3 is 2.42 bits per heavy atom. The molecular weight excluding hydrogens is 260 g/mol. The second-order valence-corrected chi connectivity index (χ2v) is 6.02. The predicted molar refractivity (Wildman–Crippen MR) is 77.3 cm³/mol. The third-order valence-corrected chi connectivity index (χ3v) is 4.24. The maximum Gasteiger partial charge on any atom is 0.238 e. The van der Waals surface area contributed by atoms with E-state index in [1.165, 1.54) is 25.7 Å². The fourth-order valence-corrected chi connectivity index (χ4v) is 2.78. The van der Waals surface area contributed by atoms with Crippen LogP contribution in [0.3, 0.4) is 0 Å². The number of para-hydroxylation sites is 1. The van der Waals surface area contributed by atoms with E-state index in [9.17, 15) is 4.79 Å². The predicted octanol–water partition coefficient (Wildman–Crippen LogP) is 3.06. The molecule has 2 saturated carbocycles. The summed E-state index contributed by atoms with van der Waals surface area (Å²) >= 11 is 6.02. The van der Waals surface area contributed by atoms with Crippen molar-refractivity contribution in [1.29, 1.82) is 0 Å². The molecule has 0 bridgehead atoms. The quantitative estimate of drug-likeness (QED) is 0.840. The number of hydrogen-bond acceptors (Lipinski definition) is 2. The largest absolute Gasteiger partial charge is 0.324 e. The topological polar surface area (TPSA) is 41.1 Å². The van der Waals surface area contributed by atoms with Gasteiger partial charge in [-0.15, -0.1) is 0 Å². The summed E-state index contributed by atoms with van der Waals surface area (Å²) in [4.78, 5) is 11.9. The Bertz CT molecular complexity index is 457. The number of anilines is 1. The van der Waals surface area contributed by atoms with Crippen LogP contribution >= 0.6 is 11.6 Å². The number of benzene rings is 1. The lowest BCUT2D eigenvalue weighted by Gasteiger charge is -2.17. The van der Waals surface area contributed by atoms with Gasteiger partial charge < -0.3 is 10.6 Å². The molecule has 0 unspecified atom stereocenters. The molecular formula is C15H19ClN2O. The number of carbonyl (C=O) groups excluding carboxylic acids is 1. The molecule has 2 aliphatic carbocycles. The molecule has 0 spiro atoms. The van der Waals surface area contributed by atoms with E-state index in [1.54, 1.807) is 6.07 Å². The lowest BCUT2D eigenvalue weighted by molar-refractivity contribution is -0.115. The van der Waals surface area contributed by atoms with Gasteiger partial charge in [-0.05, 0) is 49.7 Å². The first kappa shape index (κ1) is 12.9. The van der Waals surface area contributed by atoms with Crippen molar-refractivity contribution in [2.24, 2.45) is 11.8 Å². The molecule has 0 atom stereocenters. The van der Waals surface area contributed by atoms with Gasteiger partial charge in [-0.1, -0.05) is 23.7 Å². The number of hydrogen-bond donors (Lipinski definition) is 2. The molecule has 1 amide bonds. The number of nitrogens with one attached hydrogen (secondary N) is 2. The van der Waals surface area contributed by atoms with Gasteiger partial charge in [0.2, 0.25) is 5.91 Å². The molecule has 0 aliphatic heterocycles. The number of rotatable bonds is 6. The van der Waals surface area contributed by atoms with Crippen molar-refractivity contribution in [1.82, 2.24) is 5.32 Å². The number of carbonyl (C=O) groups is 1. The third-order valence-electron chi connectivity index (χ3n) is 3.91. The van der Waals surface area contributed by atoms with E-state index >= 15 is 0 Å². The van der Waals surface area contributed by atoms with Crippen LogP contribution in [0, 0.1) is 11.8 Å². The first-order valence-electron chi connectivity index (χ1n) is 7.02. The minimum atomic E-state index is -0.0144. The minimum absolute atomic E-state index is 0.0144. The summed E-state index contributed by atoms with van der Waals surface area (Å²) in [5.41, 5.74) is 0.686. The summed E-state index contributed by atoms with van der Waals surface area (Å²) in [7, 11) is 0. The smallest absolute Gasteiger partial charge is 0.238 e. The van der Waals surface area contributed by atoms with E-state index in [0.717, 1.165) is 11.8 Å². The van der Waals surface area contributed by atoms with E-state index in [4.69, 9.17) is 11.6 Å². The Morgan fingerprint density at radius 2 is 1.84 bits per heavy atom. The molecule has 0 radical (unpaired) electrons. The molecule has 1 aromatic rings. The van der Waals surface area contributed by atoms with Gasteiger partial charge in [-0.2, -0.15) is 0 Å². The zero-order valence-electron chi connectivity index (χ0n) is 10.9. The Kier molecular flexibility index (Phi) is 3.76. The van der Waals surface area contributed by atoms with Gasteiger partial charge in [-0.25, -0.2) is 0 Å². The molecule has 0 heterocycles. The molecule has 0 saturated heterocycles. The lowest BCUT2D eigenvalue weighted by atomic mass is 10.1. The average Bonchev–Trinajstić information content (AvgIpc) is 3.26. The average molecular weight is 279 g/mol. The monoisotopic (exact) mass is 278 g/mol. The number of amides is 1. The van der Waals surface area contributed by atoms with Crippen LogP contribution in [-0.2, 0) is 4.79 Å². The highest BCUT2D eigenvalue weighted by Crippen LogP contribution is 2.44. The Balaban J connectivity index is 1.49. The summed E-state index contributed by atoms with van der Waals surface area (Å²) in [6, 6.07) is 7.87. The lowest BCUT2D eigenvalue weighted by Crippen LogP contribution is -2.38. The summed E-state index contributed by atoms with van der Waals surface area (Å²) in [5.74, 6) is 1.60. The van der Waals surface area contributed by atoms with E-state index in [2.05, 4.69) is 10.6 Å². The van der Waals surface area contributed by atoms with E-state index in [-0.39, 0.29) is 5.91 Å². The fraction of sp³-hybridized carbons (Fsp3) is 0.533. The maximum atomic E-state index is 11.9. The van der Waals surface area contributed by atoms with E-state index in [0.29, 0.717) is 23.3 Å². The SMILES string of the molecule is O=C(CNC(C1CC1)C1CC1)Nc1ccccc1Cl. The molecule has 3 rings (SSSR count). The van der Waals surface area contributed by atoms with Crippen molar-refractivity contribution in [3.63, 3.8) is 0 Å². The summed E-state index contributed by atoms with van der Waals surface area (Å²) in [6.45, 7) is 0.378. The molecule has 2 fully saturated rings. The normalized spacial score (nSPS) is 18.6.